The third kappa shape index (κ3) is 3.13. The van der Waals surface area contributed by atoms with E-state index in [0.29, 0.717) is 11.3 Å². The summed E-state index contributed by atoms with van der Waals surface area (Å²) < 4.78 is 4.41. The molecule has 0 aromatic heterocycles. The van der Waals surface area contributed by atoms with Crippen LogP contribution in [0.25, 0.3) is 6.08 Å². The van der Waals surface area contributed by atoms with Crippen LogP contribution in [0, 0.1) is 0 Å². The first-order valence-electron chi connectivity index (χ1n) is 4.43. The molecule has 0 amide bonds. The Morgan fingerprint density at radius 2 is 2.06 bits per heavy atom. The number of esters is 1. The highest BCUT2D eigenvalue weighted by atomic mass is 16.5. The molecule has 0 radical (unpaired) electrons. The van der Waals surface area contributed by atoms with Gasteiger partial charge in [-0.3, -0.25) is 0 Å². The molecule has 3 N–H and O–H groups in total. The summed E-state index contributed by atoms with van der Waals surface area (Å²) in [6.07, 6.45) is 2.63. The zero-order valence-electron chi connectivity index (χ0n) is 8.64. The molecule has 5 nitrogen and oxygen atoms in total. The Bertz CT molecular complexity index is 451. The Hall–Kier alpha value is -2.30. The van der Waals surface area contributed by atoms with Crippen LogP contribution in [0.15, 0.2) is 24.3 Å². The molecule has 0 aliphatic heterocycles. The van der Waals surface area contributed by atoms with E-state index in [0.717, 1.165) is 0 Å². The maximum absolute atomic E-state index is 10.8. The lowest BCUT2D eigenvalue weighted by molar-refractivity contribution is -0.134. The van der Waals surface area contributed by atoms with Crippen LogP contribution in [0.1, 0.15) is 15.9 Å². The van der Waals surface area contributed by atoms with E-state index in [9.17, 15) is 9.59 Å². The van der Waals surface area contributed by atoms with Crippen molar-refractivity contribution in [2.75, 3.05) is 12.8 Å². The van der Waals surface area contributed by atoms with Gasteiger partial charge in [0.2, 0.25) is 0 Å². The number of nitrogens with two attached hydrogens (primary N) is 1. The first-order chi connectivity index (χ1) is 7.52. The summed E-state index contributed by atoms with van der Waals surface area (Å²) in [6, 6.07) is 4.32. The molecule has 0 spiro atoms. The Labute approximate surface area is 92.1 Å². The minimum atomic E-state index is -1.07. The fraction of sp³-hybridized carbons (Fsp3) is 0.0909. The van der Waals surface area contributed by atoms with E-state index in [1.165, 1.54) is 31.4 Å². The van der Waals surface area contributed by atoms with E-state index in [1.54, 1.807) is 6.07 Å². The molecule has 0 atom stereocenters. The van der Waals surface area contributed by atoms with Gasteiger partial charge in [-0.1, -0.05) is 0 Å². The normalized spacial score (nSPS) is 10.3. The first-order valence-corrected chi connectivity index (χ1v) is 4.43. The molecule has 0 saturated heterocycles. The van der Waals surface area contributed by atoms with Crippen LogP contribution in [0.5, 0.6) is 0 Å². The summed E-state index contributed by atoms with van der Waals surface area (Å²) in [5.74, 6) is -1.58. The van der Waals surface area contributed by atoms with Crippen molar-refractivity contribution < 1.29 is 19.4 Å². The van der Waals surface area contributed by atoms with Crippen molar-refractivity contribution >= 4 is 23.7 Å². The Balaban J connectivity index is 3.01. The topological polar surface area (TPSA) is 89.6 Å². The number of carboxylic acid groups (broad SMARTS) is 1. The molecule has 0 bridgehead atoms. The van der Waals surface area contributed by atoms with Crippen molar-refractivity contribution in [3.05, 3.63) is 35.4 Å². The molecule has 1 aromatic rings. The molecule has 1 aromatic carbocycles. The number of carbonyl (C=O) groups excluding carboxylic acids is 1. The Morgan fingerprint density at radius 1 is 1.38 bits per heavy atom. The van der Waals surface area contributed by atoms with Crippen LogP contribution in [0.3, 0.4) is 0 Å². The number of ether oxygens (including phenoxy) is 1. The standard InChI is InChI=1S/C11H11NO4/c1-16-10(13)3-2-7-4-8(11(14)15)6-9(12)5-7/h2-6H,12H2,1H3,(H,14,15). The highest BCUT2D eigenvalue weighted by molar-refractivity contribution is 5.91. The van der Waals surface area contributed by atoms with Gasteiger partial charge in [-0.2, -0.15) is 0 Å². The minimum Gasteiger partial charge on any atom is -0.478 e. The van der Waals surface area contributed by atoms with Crippen molar-refractivity contribution in [1.29, 1.82) is 0 Å². The number of aromatic carboxylic acids is 1. The van der Waals surface area contributed by atoms with Gasteiger partial charge in [-0.15, -0.1) is 0 Å². The molecule has 0 unspecified atom stereocenters. The minimum absolute atomic E-state index is 0.0736. The summed E-state index contributed by atoms with van der Waals surface area (Å²) in [5, 5.41) is 8.79. The van der Waals surface area contributed by atoms with Gasteiger partial charge in [0, 0.05) is 11.8 Å². The maximum Gasteiger partial charge on any atom is 0.335 e. The van der Waals surface area contributed by atoms with Crippen LogP contribution in [-0.2, 0) is 9.53 Å². The molecular formula is C11H11NO4. The predicted octanol–water partition coefficient (Wildman–Crippen LogP) is 1.15. The van der Waals surface area contributed by atoms with E-state index in [-0.39, 0.29) is 5.56 Å². The van der Waals surface area contributed by atoms with Gasteiger partial charge in [0.15, 0.2) is 0 Å². The fourth-order valence-corrected chi connectivity index (χ4v) is 1.13. The summed E-state index contributed by atoms with van der Waals surface area (Å²) in [5.41, 5.74) is 6.45. The van der Waals surface area contributed by atoms with E-state index in [1.807, 2.05) is 0 Å². The number of methoxy groups -OCH3 is 1. The SMILES string of the molecule is COC(=O)C=Cc1cc(N)cc(C(=O)O)c1. The summed E-state index contributed by atoms with van der Waals surface area (Å²) >= 11 is 0. The molecule has 1 rings (SSSR count). The summed E-state index contributed by atoms with van der Waals surface area (Å²) in [6.45, 7) is 0. The van der Waals surface area contributed by atoms with Crippen LogP contribution < -0.4 is 5.73 Å². The highest BCUT2D eigenvalue weighted by Crippen LogP contribution is 2.13. The smallest absolute Gasteiger partial charge is 0.335 e. The molecule has 0 heterocycles. The molecule has 0 saturated carbocycles. The first kappa shape index (κ1) is 11.8. The van der Waals surface area contributed by atoms with Crippen LogP contribution in [-0.4, -0.2) is 24.2 Å². The third-order valence-corrected chi connectivity index (χ3v) is 1.84. The summed E-state index contributed by atoms with van der Waals surface area (Å²) in [7, 11) is 1.26. The molecule has 0 aliphatic rings. The van der Waals surface area contributed by atoms with Crippen molar-refractivity contribution in [2.24, 2.45) is 0 Å². The number of carbonyl (C=O) groups is 2. The zero-order valence-corrected chi connectivity index (χ0v) is 8.64. The second kappa shape index (κ2) is 4.97. The van der Waals surface area contributed by atoms with Crippen molar-refractivity contribution in [3.63, 3.8) is 0 Å². The fourth-order valence-electron chi connectivity index (χ4n) is 1.13. The van der Waals surface area contributed by atoms with E-state index in [4.69, 9.17) is 10.8 Å². The van der Waals surface area contributed by atoms with Crippen LogP contribution in [0.2, 0.25) is 0 Å². The van der Waals surface area contributed by atoms with E-state index >= 15 is 0 Å². The molecular weight excluding hydrogens is 210 g/mol. The zero-order chi connectivity index (χ0) is 12.1. The molecule has 16 heavy (non-hydrogen) atoms. The number of benzene rings is 1. The Kier molecular flexibility index (Phi) is 3.66. The molecule has 84 valence electrons. The lowest BCUT2D eigenvalue weighted by Crippen LogP contribution is -1.99. The Morgan fingerprint density at radius 3 is 2.62 bits per heavy atom. The largest absolute Gasteiger partial charge is 0.478 e. The van der Waals surface area contributed by atoms with Crippen molar-refractivity contribution in [1.82, 2.24) is 0 Å². The van der Waals surface area contributed by atoms with Gasteiger partial charge in [0.25, 0.3) is 0 Å². The average molecular weight is 221 g/mol. The van der Waals surface area contributed by atoms with Gasteiger partial charge in [0.05, 0.1) is 12.7 Å². The van der Waals surface area contributed by atoms with Crippen LogP contribution >= 0.6 is 0 Å². The number of nitrogen functional groups attached to an aromatic ring is 1. The number of anilines is 1. The van der Waals surface area contributed by atoms with Gasteiger partial charge in [-0.25, -0.2) is 9.59 Å². The van der Waals surface area contributed by atoms with Crippen LogP contribution in [0.4, 0.5) is 5.69 Å². The number of hydrogen-bond acceptors (Lipinski definition) is 4. The lowest BCUT2D eigenvalue weighted by Gasteiger charge is -2.00. The highest BCUT2D eigenvalue weighted by Gasteiger charge is 2.04. The van der Waals surface area contributed by atoms with Gasteiger partial charge in [-0.05, 0) is 29.8 Å². The predicted molar refractivity (Wildman–Crippen MR) is 58.9 cm³/mol. The van der Waals surface area contributed by atoms with Gasteiger partial charge < -0.3 is 15.6 Å². The van der Waals surface area contributed by atoms with Crippen molar-refractivity contribution in [2.45, 2.75) is 0 Å². The van der Waals surface area contributed by atoms with E-state index < -0.39 is 11.9 Å². The third-order valence-electron chi connectivity index (χ3n) is 1.84. The number of hydrogen-bond donors (Lipinski definition) is 2. The quantitative estimate of drug-likeness (QED) is 0.454. The number of rotatable bonds is 3. The second-order valence-electron chi connectivity index (χ2n) is 3.05. The van der Waals surface area contributed by atoms with Crippen molar-refractivity contribution in [3.8, 4) is 0 Å². The van der Waals surface area contributed by atoms with Gasteiger partial charge >= 0.3 is 11.9 Å². The average Bonchev–Trinajstić information content (AvgIpc) is 2.25. The van der Waals surface area contributed by atoms with E-state index in [2.05, 4.69) is 4.74 Å². The monoisotopic (exact) mass is 221 g/mol. The number of carboxylic acids is 1. The maximum atomic E-state index is 10.8. The molecule has 0 aliphatic carbocycles. The lowest BCUT2D eigenvalue weighted by atomic mass is 10.1. The summed E-state index contributed by atoms with van der Waals surface area (Å²) in [4.78, 5) is 21.6. The molecule has 5 heteroatoms. The second-order valence-corrected chi connectivity index (χ2v) is 3.05. The molecule has 0 fully saturated rings. The van der Waals surface area contributed by atoms with Gasteiger partial charge in [0.1, 0.15) is 0 Å².